The van der Waals surface area contributed by atoms with Gasteiger partial charge in [-0.3, -0.25) is 14.0 Å². The van der Waals surface area contributed by atoms with Crippen LogP contribution in [-0.2, 0) is 14.8 Å². The van der Waals surface area contributed by atoms with Crippen molar-refractivity contribution in [2.45, 2.75) is 69.7 Å². The minimum absolute atomic E-state index is 0.0719. The SMILES string of the molecule is C=[N+]([O-])c1ncc(C(C)N(c2cnc3cc(N4CCOCC4)nc(OC4CCC(Nc5ncccn5)CC4)c3c2)S(C)(=O)=O)n1C1CC1. The van der Waals surface area contributed by atoms with Crippen molar-refractivity contribution < 1.29 is 22.6 Å². The third-order valence-corrected chi connectivity index (χ3v) is 10.4. The minimum Gasteiger partial charge on any atom is -0.741 e. The van der Waals surface area contributed by atoms with Crippen molar-refractivity contribution in [2.24, 2.45) is 0 Å². The van der Waals surface area contributed by atoms with Crippen LogP contribution in [0, 0.1) is 5.21 Å². The van der Waals surface area contributed by atoms with E-state index in [1.165, 1.54) is 4.31 Å². The van der Waals surface area contributed by atoms with Gasteiger partial charge in [0, 0.05) is 44.3 Å². The topological polar surface area (TPSA) is 167 Å². The molecule has 0 aromatic carbocycles. The fraction of sp³-hybridized carbons (Fsp3) is 0.500. The van der Waals surface area contributed by atoms with E-state index in [1.54, 1.807) is 48.4 Å². The largest absolute Gasteiger partial charge is 0.741 e. The number of anilines is 3. The Balaban J connectivity index is 1.22. The number of ether oxygens (including phenoxy) is 2. The highest BCUT2D eigenvalue weighted by molar-refractivity contribution is 7.92. The summed E-state index contributed by atoms with van der Waals surface area (Å²) >= 11 is 0. The summed E-state index contributed by atoms with van der Waals surface area (Å²) in [5, 5.41) is 16.2. The first-order valence-corrected chi connectivity index (χ1v) is 18.2. The van der Waals surface area contributed by atoms with Gasteiger partial charge in [0.2, 0.25) is 21.9 Å². The molecular formula is C32H40N10O5S. The van der Waals surface area contributed by atoms with Gasteiger partial charge in [-0.25, -0.2) is 23.0 Å². The average Bonchev–Trinajstić information content (AvgIpc) is 3.82. The standard InChI is InChI=1S/C32H40N10O5S/c1-21(28-20-36-32(39(2)43)41(28)23-7-8-23)42(48(3,44)45)24-17-26-27(35-19-24)18-29(40-13-15-46-16-14-40)38-30(26)47-25-9-5-22(6-10-25)37-31-33-11-4-12-34-31/h4,11-12,17-23,25H,2,5-10,13-16H2,1,3H3,(H,33,34,37). The lowest BCUT2D eigenvalue weighted by molar-refractivity contribution is -0.362. The van der Waals surface area contributed by atoms with Crippen molar-refractivity contribution in [1.82, 2.24) is 29.5 Å². The second kappa shape index (κ2) is 13.1. The number of sulfonamides is 1. The maximum absolute atomic E-state index is 13.4. The second-order valence-electron chi connectivity index (χ2n) is 12.7. The quantitative estimate of drug-likeness (QED) is 0.105. The molecule has 4 aromatic rings. The number of hydrogen-bond acceptors (Lipinski definition) is 12. The summed E-state index contributed by atoms with van der Waals surface area (Å²) in [4.78, 5) is 24.8. The summed E-state index contributed by atoms with van der Waals surface area (Å²) in [5.74, 6) is 1.92. The molecule has 1 aliphatic heterocycles. The number of aromatic nitrogens is 6. The smallest absolute Gasteiger partial charge is 0.399 e. The van der Waals surface area contributed by atoms with Crippen LogP contribution in [-0.4, -0.2) is 94.1 Å². The first kappa shape index (κ1) is 32.0. The van der Waals surface area contributed by atoms with Crippen LogP contribution in [0.25, 0.3) is 10.9 Å². The van der Waals surface area contributed by atoms with Crippen molar-refractivity contribution in [3.63, 3.8) is 0 Å². The summed E-state index contributed by atoms with van der Waals surface area (Å²) in [7, 11) is -3.82. The summed E-state index contributed by atoms with van der Waals surface area (Å²) in [6.45, 7) is 7.84. The Bertz CT molecular complexity index is 1890. The van der Waals surface area contributed by atoms with Gasteiger partial charge in [-0.15, -0.1) is 0 Å². The molecule has 0 spiro atoms. The van der Waals surface area contributed by atoms with Crippen molar-refractivity contribution in [1.29, 1.82) is 0 Å². The Morgan fingerprint density at radius 3 is 2.46 bits per heavy atom. The average molecular weight is 677 g/mol. The lowest BCUT2D eigenvalue weighted by atomic mass is 9.93. The van der Waals surface area contributed by atoms with E-state index >= 15 is 0 Å². The molecule has 0 radical (unpaired) electrons. The molecule has 2 aliphatic carbocycles. The van der Waals surface area contributed by atoms with Crippen molar-refractivity contribution >= 4 is 51.0 Å². The lowest BCUT2D eigenvalue weighted by Gasteiger charge is -2.31. The second-order valence-corrected chi connectivity index (χ2v) is 14.5. The summed E-state index contributed by atoms with van der Waals surface area (Å²) < 4.78 is 42.7. The molecular weight excluding hydrogens is 636 g/mol. The number of morpholine rings is 1. The third kappa shape index (κ3) is 6.71. The highest BCUT2D eigenvalue weighted by Gasteiger charge is 2.39. The molecule has 3 aliphatic rings. The Hall–Kier alpha value is -4.57. The van der Waals surface area contributed by atoms with E-state index in [0.29, 0.717) is 65.2 Å². The first-order valence-electron chi connectivity index (χ1n) is 16.3. The van der Waals surface area contributed by atoms with E-state index < -0.39 is 16.1 Å². The van der Waals surface area contributed by atoms with Gasteiger partial charge in [0.25, 0.3) is 0 Å². The van der Waals surface area contributed by atoms with Gasteiger partial charge in [0.05, 0.1) is 54.3 Å². The van der Waals surface area contributed by atoms with E-state index in [2.05, 4.69) is 31.9 Å². The van der Waals surface area contributed by atoms with E-state index in [-0.39, 0.29) is 24.1 Å². The van der Waals surface area contributed by atoms with Crippen LogP contribution < -0.4 is 19.3 Å². The zero-order valence-corrected chi connectivity index (χ0v) is 27.9. The van der Waals surface area contributed by atoms with Gasteiger partial charge < -0.3 is 24.9 Å². The van der Waals surface area contributed by atoms with Crippen LogP contribution in [0.2, 0.25) is 0 Å². The van der Waals surface area contributed by atoms with Crippen molar-refractivity contribution in [3.05, 3.63) is 53.9 Å². The Morgan fingerprint density at radius 1 is 1.06 bits per heavy atom. The monoisotopic (exact) mass is 676 g/mol. The number of fused-ring (bicyclic) bond motifs is 1. The van der Waals surface area contributed by atoms with Crippen molar-refractivity contribution in [3.8, 4) is 5.88 Å². The molecule has 254 valence electrons. The van der Waals surface area contributed by atoms with Crippen LogP contribution in [0.3, 0.4) is 0 Å². The molecule has 1 unspecified atom stereocenters. The number of pyridine rings is 2. The molecule has 4 aromatic heterocycles. The highest BCUT2D eigenvalue weighted by Crippen LogP contribution is 2.43. The summed E-state index contributed by atoms with van der Waals surface area (Å²) in [5.41, 5.74) is 1.61. The van der Waals surface area contributed by atoms with E-state index in [4.69, 9.17) is 19.4 Å². The number of hydrogen-bond donors (Lipinski definition) is 1. The van der Waals surface area contributed by atoms with Crippen molar-refractivity contribution in [2.75, 3.05) is 47.1 Å². The summed E-state index contributed by atoms with van der Waals surface area (Å²) in [6, 6.07) is 5.10. The van der Waals surface area contributed by atoms with Crippen LogP contribution in [0.4, 0.5) is 23.4 Å². The maximum atomic E-state index is 13.4. The zero-order valence-electron chi connectivity index (χ0n) is 27.1. The third-order valence-electron chi connectivity index (χ3n) is 9.14. The molecule has 16 heteroatoms. The Kier molecular flexibility index (Phi) is 8.76. The van der Waals surface area contributed by atoms with Gasteiger partial charge >= 0.3 is 5.95 Å². The van der Waals surface area contributed by atoms with Gasteiger partial charge in [0.15, 0.2) is 0 Å². The molecule has 0 amide bonds. The van der Waals surface area contributed by atoms with E-state index in [9.17, 15) is 13.6 Å². The molecule has 2 saturated carbocycles. The van der Waals surface area contributed by atoms with Gasteiger partial charge in [-0.1, -0.05) is 4.98 Å². The van der Waals surface area contributed by atoms with Crippen LogP contribution in [0.5, 0.6) is 5.88 Å². The predicted molar refractivity (Wildman–Crippen MR) is 182 cm³/mol. The van der Waals surface area contributed by atoms with E-state index in [0.717, 1.165) is 50.6 Å². The van der Waals surface area contributed by atoms with Gasteiger partial charge in [-0.2, -0.15) is 4.98 Å². The Labute approximate surface area is 279 Å². The molecule has 1 saturated heterocycles. The normalized spacial score (nSPS) is 20.8. The lowest BCUT2D eigenvalue weighted by Crippen LogP contribution is -2.37. The number of rotatable bonds is 11. The highest BCUT2D eigenvalue weighted by atomic mass is 32.2. The fourth-order valence-electron chi connectivity index (χ4n) is 6.66. The molecule has 7 rings (SSSR count). The number of imidazole rings is 1. The first-order chi connectivity index (χ1) is 23.2. The summed E-state index contributed by atoms with van der Waals surface area (Å²) in [6.07, 6.45) is 12.7. The van der Waals surface area contributed by atoms with Crippen LogP contribution in [0.1, 0.15) is 63.2 Å². The van der Waals surface area contributed by atoms with Gasteiger partial charge in [0.1, 0.15) is 23.8 Å². The zero-order chi connectivity index (χ0) is 33.4. The Morgan fingerprint density at radius 2 is 1.79 bits per heavy atom. The molecule has 5 heterocycles. The van der Waals surface area contributed by atoms with Crippen LogP contribution in [0.15, 0.2) is 43.0 Å². The molecule has 15 nitrogen and oxygen atoms in total. The van der Waals surface area contributed by atoms with Gasteiger partial charge in [-0.05, 0) is 57.6 Å². The van der Waals surface area contributed by atoms with E-state index in [1.807, 2.05) is 6.07 Å². The number of nitrogens with one attached hydrogen (secondary N) is 1. The minimum atomic E-state index is -3.82. The molecule has 3 fully saturated rings. The predicted octanol–water partition coefficient (Wildman–Crippen LogP) is 3.96. The molecule has 1 atom stereocenters. The molecule has 0 bridgehead atoms. The number of nitrogens with zero attached hydrogens (tertiary/aromatic N) is 9. The molecule has 48 heavy (non-hydrogen) atoms. The maximum Gasteiger partial charge on any atom is 0.399 e. The van der Waals surface area contributed by atoms with Crippen LogP contribution >= 0.6 is 0 Å². The molecule has 1 N–H and O–H groups in total. The fourth-order valence-corrected chi connectivity index (χ4v) is 7.83.